The molecule has 0 unspecified atom stereocenters. The minimum Gasteiger partial charge on any atom is -0.485 e. The molecule has 110 valence electrons. The highest BCUT2D eigenvalue weighted by Crippen LogP contribution is 2.29. The number of carbonyl (C=O) groups is 1. The Morgan fingerprint density at radius 1 is 1.24 bits per heavy atom. The molecule has 0 bridgehead atoms. The molecule has 2 aromatic carbocycles. The Hall–Kier alpha value is -1.88. The Balaban J connectivity index is 2.31. The summed E-state index contributed by atoms with van der Waals surface area (Å²) in [5.41, 5.74) is 1.10. The third-order valence-electron chi connectivity index (χ3n) is 2.87. The van der Waals surface area contributed by atoms with E-state index in [1.807, 2.05) is 30.3 Å². The van der Waals surface area contributed by atoms with E-state index in [1.165, 1.54) is 11.0 Å². The van der Waals surface area contributed by atoms with E-state index < -0.39 is 5.82 Å². The first-order chi connectivity index (χ1) is 9.99. The van der Waals surface area contributed by atoms with Crippen LogP contribution in [-0.4, -0.2) is 24.9 Å². The summed E-state index contributed by atoms with van der Waals surface area (Å²) in [6.07, 6.45) is 0. The van der Waals surface area contributed by atoms with Crippen LogP contribution in [0.3, 0.4) is 0 Å². The lowest BCUT2D eigenvalue weighted by Crippen LogP contribution is -2.22. The van der Waals surface area contributed by atoms with E-state index in [4.69, 9.17) is 4.74 Å². The Bertz CT molecular complexity index is 644. The largest absolute Gasteiger partial charge is 0.485 e. The highest BCUT2D eigenvalue weighted by molar-refractivity contribution is 9.10. The van der Waals surface area contributed by atoms with Crippen molar-refractivity contribution in [3.8, 4) is 5.75 Å². The van der Waals surface area contributed by atoms with Crippen molar-refractivity contribution < 1.29 is 13.9 Å². The molecule has 0 aliphatic carbocycles. The van der Waals surface area contributed by atoms with Crippen LogP contribution in [0.15, 0.2) is 46.9 Å². The molecule has 2 aromatic rings. The van der Waals surface area contributed by atoms with Gasteiger partial charge in [0.1, 0.15) is 6.61 Å². The quantitative estimate of drug-likeness (QED) is 0.836. The van der Waals surface area contributed by atoms with Gasteiger partial charge in [0.2, 0.25) is 0 Å². The van der Waals surface area contributed by atoms with E-state index in [0.29, 0.717) is 4.47 Å². The van der Waals surface area contributed by atoms with Crippen molar-refractivity contribution in [1.29, 1.82) is 0 Å². The van der Waals surface area contributed by atoms with Gasteiger partial charge in [0.15, 0.2) is 11.6 Å². The molecule has 0 aromatic heterocycles. The number of amides is 1. The standard InChI is InChI=1S/C16H15BrFNO2/c1-19(2)16(20)13-8-12(17)9-14(18)15(13)21-10-11-6-4-3-5-7-11/h3-9H,10H2,1-2H3. The minimum atomic E-state index is -0.564. The van der Waals surface area contributed by atoms with Crippen LogP contribution >= 0.6 is 15.9 Å². The second-order valence-corrected chi connectivity index (χ2v) is 5.65. The molecule has 0 atom stereocenters. The minimum absolute atomic E-state index is 0.0271. The predicted molar refractivity (Wildman–Crippen MR) is 82.9 cm³/mol. The van der Waals surface area contributed by atoms with E-state index in [1.54, 1.807) is 20.2 Å². The zero-order chi connectivity index (χ0) is 15.4. The third kappa shape index (κ3) is 3.82. The molecule has 0 radical (unpaired) electrons. The summed E-state index contributed by atoms with van der Waals surface area (Å²) in [6.45, 7) is 0.201. The monoisotopic (exact) mass is 351 g/mol. The van der Waals surface area contributed by atoms with Gasteiger partial charge in [-0.15, -0.1) is 0 Å². The second-order valence-electron chi connectivity index (χ2n) is 4.74. The molecule has 0 saturated heterocycles. The zero-order valence-electron chi connectivity index (χ0n) is 11.8. The molecule has 0 saturated carbocycles. The lowest BCUT2D eigenvalue weighted by molar-refractivity contribution is 0.0821. The fraction of sp³-hybridized carbons (Fsp3) is 0.188. The molecule has 0 spiro atoms. The topological polar surface area (TPSA) is 29.5 Å². The highest BCUT2D eigenvalue weighted by Gasteiger charge is 2.19. The highest BCUT2D eigenvalue weighted by atomic mass is 79.9. The average Bonchev–Trinajstić information content (AvgIpc) is 2.45. The van der Waals surface area contributed by atoms with E-state index in [0.717, 1.165) is 5.56 Å². The summed E-state index contributed by atoms with van der Waals surface area (Å²) in [7, 11) is 3.23. The van der Waals surface area contributed by atoms with Gasteiger partial charge >= 0.3 is 0 Å². The van der Waals surface area contributed by atoms with Gasteiger partial charge in [-0.05, 0) is 17.7 Å². The van der Waals surface area contributed by atoms with Gasteiger partial charge in [0.25, 0.3) is 5.91 Å². The third-order valence-corrected chi connectivity index (χ3v) is 3.33. The van der Waals surface area contributed by atoms with Crippen molar-refractivity contribution >= 4 is 21.8 Å². The molecular weight excluding hydrogens is 337 g/mol. The van der Waals surface area contributed by atoms with Crippen molar-refractivity contribution in [2.24, 2.45) is 0 Å². The summed E-state index contributed by atoms with van der Waals surface area (Å²) < 4.78 is 20.1. The number of nitrogens with zero attached hydrogens (tertiary/aromatic N) is 1. The summed E-state index contributed by atoms with van der Waals surface area (Å²) in [5, 5.41) is 0. The van der Waals surface area contributed by atoms with Crippen molar-refractivity contribution in [3.63, 3.8) is 0 Å². The van der Waals surface area contributed by atoms with E-state index in [-0.39, 0.29) is 23.8 Å². The summed E-state index contributed by atoms with van der Waals surface area (Å²) in [4.78, 5) is 13.5. The van der Waals surface area contributed by atoms with Crippen molar-refractivity contribution in [3.05, 3.63) is 63.9 Å². The lowest BCUT2D eigenvalue weighted by atomic mass is 10.1. The first kappa shape index (κ1) is 15.5. The number of rotatable bonds is 4. The fourth-order valence-electron chi connectivity index (χ4n) is 1.84. The molecule has 0 heterocycles. The maximum Gasteiger partial charge on any atom is 0.257 e. The van der Waals surface area contributed by atoms with Crippen LogP contribution in [0.25, 0.3) is 0 Å². The lowest BCUT2D eigenvalue weighted by Gasteiger charge is -2.16. The molecule has 21 heavy (non-hydrogen) atoms. The van der Waals surface area contributed by atoms with E-state index in [9.17, 15) is 9.18 Å². The molecule has 0 N–H and O–H groups in total. The van der Waals surface area contributed by atoms with Crippen LogP contribution < -0.4 is 4.74 Å². The van der Waals surface area contributed by atoms with Gasteiger partial charge in [-0.2, -0.15) is 0 Å². The molecule has 0 fully saturated rings. The van der Waals surface area contributed by atoms with Gasteiger partial charge in [-0.3, -0.25) is 4.79 Å². The number of ether oxygens (including phenoxy) is 1. The van der Waals surface area contributed by atoms with Crippen LogP contribution in [0.5, 0.6) is 5.75 Å². The van der Waals surface area contributed by atoms with Crippen LogP contribution in [0.1, 0.15) is 15.9 Å². The molecule has 0 aliphatic rings. The normalized spacial score (nSPS) is 10.3. The maximum absolute atomic E-state index is 14.1. The Labute approximate surface area is 131 Å². The number of halogens is 2. The Kier molecular flexibility index (Phi) is 4.96. The van der Waals surface area contributed by atoms with Crippen LogP contribution in [0.2, 0.25) is 0 Å². The summed E-state index contributed by atoms with van der Waals surface area (Å²) in [5.74, 6) is -0.899. The maximum atomic E-state index is 14.1. The van der Waals surface area contributed by atoms with Crippen LogP contribution in [0.4, 0.5) is 4.39 Å². The van der Waals surface area contributed by atoms with Crippen molar-refractivity contribution in [1.82, 2.24) is 4.90 Å². The first-order valence-electron chi connectivity index (χ1n) is 6.36. The van der Waals surface area contributed by atoms with Gasteiger partial charge in [-0.1, -0.05) is 46.3 Å². The van der Waals surface area contributed by atoms with Crippen molar-refractivity contribution in [2.75, 3.05) is 14.1 Å². The van der Waals surface area contributed by atoms with Gasteiger partial charge in [0, 0.05) is 18.6 Å². The Morgan fingerprint density at radius 3 is 2.52 bits per heavy atom. The molecular formula is C16H15BrFNO2. The fourth-order valence-corrected chi connectivity index (χ4v) is 2.27. The van der Waals surface area contributed by atoms with Crippen molar-refractivity contribution in [2.45, 2.75) is 6.61 Å². The molecule has 5 heteroatoms. The Morgan fingerprint density at radius 2 is 1.90 bits per heavy atom. The number of hydrogen-bond donors (Lipinski definition) is 0. The molecule has 2 rings (SSSR count). The molecule has 3 nitrogen and oxygen atoms in total. The number of benzene rings is 2. The van der Waals surface area contributed by atoms with Gasteiger partial charge in [0.05, 0.1) is 5.56 Å². The summed E-state index contributed by atoms with van der Waals surface area (Å²) >= 11 is 3.19. The van der Waals surface area contributed by atoms with Crippen LogP contribution in [0, 0.1) is 5.82 Å². The zero-order valence-corrected chi connectivity index (χ0v) is 13.4. The smallest absolute Gasteiger partial charge is 0.257 e. The van der Waals surface area contributed by atoms with Crippen LogP contribution in [-0.2, 0) is 6.61 Å². The molecule has 0 aliphatic heterocycles. The summed E-state index contributed by atoms with van der Waals surface area (Å²) in [6, 6.07) is 12.3. The van der Waals surface area contributed by atoms with E-state index >= 15 is 0 Å². The SMILES string of the molecule is CN(C)C(=O)c1cc(Br)cc(F)c1OCc1ccccc1. The predicted octanol–water partition coefficient (Wildman–Crippen LogP) is 3.87. The second kappa shape index (κ2) is 6.72. The number of hydrogen-bond acceptors (Lipinski definition) is 2. The van der Waals surface area contributed by atoms with E-state index in [2.05, 4.69) is 15.9 Å². The van der Waals surface area contributed by atoms with Gasteiger partial charge in [-0.25, -0.2) is 4.39 Å². The average molecular weight is 352 g/mol. The first-order valence-corrected chi connectivity index (χ1v) is 7.15. The van der Waals surface area contributed by atoms with Gasteiger partial charge < -0.3 is 9.64 Å². The molecule has 1 amide bonds. The number of carbonyl (C=O) groups excluding carboxylic acids is 1.